The number of hydrogen-bond acceptors (Lipinski definition) is 10. The number of ether oxygens (including phenoxy) is 2. The van der Waals surface area contributed by atoms with Crippen molar-refractivity contribution in [1.29, 1.82) is 0 Å². The van der Waals surface area contributed by atoms with Crippen LogP contribution in [0.15, 0.2) is 63.8 Å². The van der Waals surface area contributed by atoms with Crippen LogP contribution in [-0.2, 0) is 24.3 Å². The third-order valence-corrected chi connectivity index (χ3v) is 7.89. The Labute approximate surface area is 199 Å². The number of benzene rings is 2. The molecule has 0 aliphatic carbocycles. The van der Waals surface area contributed by atoms with E-state index in [2.05, 4.69) is 20.3 Å². The van der Waals surface area contributed by atoms with Gasteiger partial charge in [0.05, 0.1) is 30.6 Å². The number of amides is 1. The first-order valence-corrected chi connectivity index (χ1v) is 12.6. The molecule has 3 aromatic rings. The number of rotatable bonds is 10. The molecule has 0 aliphatic rings. The van der Waals surface area contributed by atoms with Gasteiger partial charge < -0.3 is 9.47 Å². The number of anilines is 2. The highest BCUT2D eigenvalue weighted by atomic mass is 32.2. The smallest absolute Gasteiger partial charge is 0.316 e. The second-order valence-corrected chi connectivity index (χ2v) is 10.3. The van der Waals surface area contributed by atoms with E-state index in [1.165, 1.54) is 26.4 Å². The standard InChI is InChI=1S/C20H20N4O6S3/c1-29-16-11-7-6-10-15(16)24(33(27,28)14-8-4-3-5-9-14)12-17(25)21-19-22-23-20(32-19)31-13-18(26)30-2/h3-11H,12-13H2,1-2H3,(H,21,22,25). The molecule has 0 bridgehead atoms. The Morgan fingerprint density at radius 2 is 1.76 bits per heavy atom. The Morgan fingerprint density at radius 1 is 1.06 bits per heavy atom. The van der Waals surface area contributed by atoms with Crippen LogP contribution in [0, 0.1) is 0 Å². The molecule has 174 valence electrons. The van der Waals surface area contributed by atoms with E-state index in [1.807, 2.05) is 0 Å². The van der Waals surface area contributed by atoms with E-state index < -0.39 is 28.4 Å². The number of para-hydroxylation sites is 2. The van der Waals surface area contributed by atoms with Gasteiger partial charge in [-0.3, -0.25) is 19.2 Å². The minimum atomic E-state index is -4.09. The number of sulfonamides is 1. The van der Waals surface area contributed by atoms with Crippen molar-refractivity contribution in [3.8, 4) is 5.75 Å². The number of carbonyl (C=O) groups is 2. The summed E-state index contributed by atoms with van der Waals surface area (Å²) in [6.07, 6.45) is 0. The molecule has 0 spiro atoms. The Balaban J connectivity index is 1.83. The third-order valence-electron chi connectivity index (χ3n) is 4.17. The van der Waals surface area contributed by atoms with E-state index >= 15 is 0 Å². The number of aromatic nitrogens is 2. The molecule has 0 saturated carbocycles. The maximum Gasteiger partial charge on any atom is 0.316 e. The number of nitrogens with zero attached hydrogens (tertiary/aromatic N) is 3. The number of methoxy groups -OCH3 is 2. The molecule has 2 aromatic carbocycles. The Kier molecular flexibility index (Phi) is 8.25. The fourth-order valence-corrected chi connectivity index (χ4v) is 5.70. The molecule has 0 aliphatic heterocycles. The van der Waals surface area contributed by atoms with Crippen molar-refractivity contribution < 1.29 is 27.5 Å². The van der Waals surface area contributed by atoms with Gasteiger partial charge in [-0.05, 0) is 24.3 Å². The van der Waals surface area contributed by atoms with Crippen LogP contribution in [0.25, 0.3) is 0 Å². The first kappa shape index (κ1) is 24.5. The minimum Gasteiger partial charge on any atom is -0.495 e. The number of carbonyl (C=O) groups excluding carboxylic acids is 2. The average molecular weight is 509 g/mol. The highest BCUT2D eigenvalue weighted by Crippen LogP contribution is 2.32. The molecular weight excluding hydrogens is 488 g/mol. The fourth-order valence-electron chi connectivity index (χ4n) is 2.64. The molecule has 33 heavy (non-hydrogen) atoms. The SMILES string of the molecule is COC(=O)CSc1nnc(NC(=O)CN(c2ccccc2OC)S(=O)(=O)c2ccccc2)s1. The summed E-state index contributed by atoms with van der Waals surface area (Å²) in [5.41, 5.74) is 0.214. The summed E-state index contributed by atoms with van der Waals surface area (Å²) in [4.78, 5) is 24.1. The molecule has 0 unspecified atom stereocenters. The fraction of sp³-hybridized carbons (Fsp3) is 0.200. The molecule has 0 saturated heterocycles. The van der Waals surface area contributed by atoms with Gasteiger partial charge in [0.15, 0.2) is 4.34 Å². The predicted octanol–water partition coefficient (Wildman–Crippen LogP) is 2.65. The molecule has 1 heterocycles. The van der Waals surface area contributed by atoms with Crippen LogP contribution < -0.4 is 14.4 Å². The summed E-state index contributed by atoms with van der Waals surface area (Å²) in [5.74, 6) is -0.696. The number of thioether (sulfide) groups is 1. The van der Waals surface area contributed by atoms with Crippen LogP contribution in [0.3, 0.4) is 0 Å². The Hall–Kier alpha value is -3.16. The lowest BCUT2D eigenvalue weighted by molar-refractivity contribution is -0.137. The van der Waals surface area contributed by atoms with Gasteiger partial charge in [0.25, 0.3) is 10.0 Å². The second kappa shape index (κ2) is 11.1. The molecular formula is C20H20N4O6S3. The van der Waals surface area contributed by atoms with Gasteiger partial charge in [0.2, 0.25) is 11.0 Å². The summed E-state index contributed by atoms with van der Waals surface area (Å²) in [6.45, 7) is -0.526. The van der Waals surface area contributed by atoms with Gasteiger partial charge >= 0.3 is 5.97 Å². The third kappa shape index (κ3) is 6.21. The monoisotopic (exact) mass is 508 g/mol. The van der Waals surface area contributed by atoms with Crippen molar-refractivity contribution in [3.05, 3.63) is 54.6 Å². The second-order valence-electron chi connectivity index (χ2n) is 6.28. The predicted molar refractivity (Wildman–Crippen MR) is 125 cm³/mol. The Bertz CT molecular complexity index is 1220. The first-order valence-electron chi connectivity index (χ1n) is 9.39. The lowest BCUT2D eigenvalue weighted by Gasteiger charge is -2.25. The highest BCUT2D eigenvalue weighted by molar-refractivity contribution is 8.01. The van der Waals surface area contributed by atoms with E-state index in [4.69, 9.17) is 4.74 Å². The number of nitrogens with one attached hydrogen (secondary N) is 1. The van der Waals surface area contributed by atoms with Gasteiger partial charge in [0, 0.05) is 0 Å². The lowest BCUT2D eigenvalue weighted by Crippen LogP contribution is -2.38. The lowest BCUT2D eigenvalue weighted by atomic mass is 10.3. The van der Waals surface area contributed by atoms with Crippen molar-refractivity contribution in [2.75, 3.05) is 36.1 Å². The van der Waals surface area contributed by atoms with Crippen LogP contribution in [-0.4, -0.2) is 57.0 Å². The quantitative estimate of drug-likeness (QED) is 0.250. The molecule has 1 aromatic heterocycles. The van der Waals surface area contributed by atoms with E-state index in [1.54, 1.807) is 42.5 Å². The molecule has 3 rings (SSSR count). The summed E-state index contributed by atoms with van der Waals surface area (Å²) < 4.78 is 38.1. The van der Waals surface area contributed by atoms with E-state index in [9.17, 15) is 18.0 Å². The van der Waals surface area contributed by atoms with Crippen LogP contribution >= 0.6 is 23.1 Å². The molecule has 0 radical (unpaired) electrons. The zero-order chi connectivity index (χ0) is 23.8. The average Bonchev–Trinajstić information content (AvgIpc) is 3.28. The molecule has 10 nitrogen and oxygen atoms in total. The molecule has 1 N–H and O–H groups in total. The highest BCUT2D eigenvalue weighted by Gasteiger charge is 2.29. The maximum absolute atomic E-state index is 13.4. The summed E-state index contributed by atoms with van der Waals surface area (Å²) >= 11 is 2.17. The molecule has 1 amide bonds. The summed E-state index contributed by atoms with van der Waals surface area (Å²) in [5, 5.41) is 10.5. The van der Waals surface area contributed by atoms with Gasteiger partial charge in [-0.2, -0.15) is 0 Å². The van der Waals surface area contributed by atoms with E-state index in [0.717, 1.165) is 27.4 Å². The Morgan fingerprint density at radius 3 is 2.45 bits per heavy atom. The van der Waals surface area contributed by atoms with Crippen molar-refractivity contribution in [1.82, 2.24) is 10.2 Å². The van der Waals surface area contributed by atoms with Crippen LogP contribution in [0.2, 0.25) is 0 Å². The van der Waals surface area contributed by atoms with Gasteiger partial charge in [-0.25, -0.2) is 8.42 Å². The largest absolute Gasteiger partial charge is 0.495 e. The molecule has 0 fully saturated rings. The summed E-state index contributed by atoms with van der Waals surface area (Å²) in [6, 6.07) is 14.3. The van der Waals surface area contributed by atoms with Gasteiger partial charge in [-0.1, -0.05) is 53.4 Å². The van der Waals surface area contributed by atoms with Crippen LogP contribution in [0.5, 0.6) is 5.75 Å². The van der Waals surface area contributed by atoms with E-state index in [0.29, 0.717) is 10.1 Å². The minimum absolute atomic E-state index is 0.0288. The van der Waals surface area contributed by atoms with Gasteiger partial charge in [-0.15, -0.1) is 10.2 Å². The molecule has 13 heteroatoms. The normalized spacial score (nSPS) is 11.0. The first-order chi connectivity index (χ1) is 15.8. The van der Waals surface area contributed by atoms with Crippen LogP contribution in [0.1, 0.15) is 0 Å². The zero-order valence-corrected chi connectivity index (χ0v) is 20.1. The maximum atomic E-state index is 13.4. The summed E-state index contributed by atoms with van der Waals surface area (Å²) in [7, 11) is -1.38. The zero-order valence-electron chi connectivity index (χ0n) is 17.6. The van der Waals surface area contributed by atoms with Crippen molar-refractivity contribution >= 4 is 55.8 Å². The topological polar surface area (TPSA) is 128 Å². The van der Waals surface area contributed by atoms with Gasteiger partial charge in [0.1, 0.15) is 12.3 Å². The van der Waals surface area contributed by atoms with Crippen molar-refractivity contribution in [2.45, 2.75) is 9.24 Å². The molecule has 0 atom stereocenters. The van der Waals surface area contributed by atoms with E-state index in [-0.39, 0.29) is 21.5 Å². The van der Waals surface area contributed by atoms with Crippen molar-refractivity contribution in [2.24, 2.45) is 0 Å². The number of hydrogen-bond donors (Lipinski definition) is 1. The van der Waals surface area contributed by atoms with Crippen LogP contribution in [0.4, 0.5) is 10.8 Å². The van der Waals surface area contributed by atoms with Crippen molar-refractivity contribution in [3.63, 3.8) is 0 Å². The number of esters is 1.